The number of rotatable bonds is 3. The summed E-state index contributed by atoms with van der Waals surface area (Å²) < 4.78 is 2.47. The molecule has 1 aliphatic carbocycles. The summed E-state index contributed by atoms with van der Waals surface area (Å²) in [7, 11) is 0. The average Bonchev–Trinajstić information content (AvgIpc) is 3.50. The molecule has 0 fully saturated rings. The van der Waals surface area contributed by atoms with Gasteiger partial charge in [0.15, 0.2) is 17.5 Å². The molecule has 0 spiro atoms. The highest BCUT2D eigenvalue weighted by Crippen LogP contribution is 2.49. The summed E-state index contributed by atoms with van der Waals surface area (Å²) in [6.07, 6.45) is 0. The van der Waals surface area contributed by atoms with E-state index < -0.39 is 0 Å². The maximum absolute atomic E-state index is 5.13. The molecule has 0 N–H and O–H groups in total. The lowest BCUT2D eigenvalue weighted by Gasteiger charge is -2.21. The molecule has 0 atom stereocenters. The van der Waals surface area contributed by atoms with Crippen LogP contribution in [0.15, 0.2) is 115 Å². The fourth-order valence-electron chi connectivity index (χ4n) is 6.11. The fourth-order valence-corrected chi connectivity index (χ4v) is 7.32. The Bertz CT molecular complexity index is 2090. The van der Waals surface area contributed by atoms with Crippen molar-refractivity contribution in [2.45, 2.75) is 19.3 Å². The quantitative estimate of drug-likeness (QED) is 0.228. The zero-order valence-corrected chi connectivity index (χ0v) is 23.0. The second-order valence-corrected chi connectivity index (χ2v) is 11.9. The number of thiophene rings is 1. The van der Waals surface area contributed by atoms with Crippen LogP contribution in [0.1, 0.15) is 25.0 Å². The molecule has 3 nitrogen and oxygen atoms in total. The first-order valence-electron chi connectivity index (χ1n) is 13.5. The van der Waals surface area contributed by atoms with Gasteiger partial charge in [-0.05, 0) is 40.5 Å². The van der Waals surface area contributed by atoms with E-state index in [9.17, 15) is 0 Å². The van der Waals surface area contributed by atoms with Crippen LogP contribution in [-0.2, 0) is 5.41 Å². The predicted octanol–water partition coefficient (Wildman–Crippen LogP) is 9.55. The van der Waals surface area contributed by atoms with Crippen molar-refractivity contribution in [3.8, 4) is 45.3 Å². The Labute approximate surface area is 236 Å². The van der Waals surface area contributed by atoms with Gasteiger partial charge in [-0.25, -0.2) is 15.0 Å². The third kappa shape index (κ3) is 3.46. The van der Waals surface area contributed by atoms with Gasteiger partial charge in [0.1, 0.15) is 0 Å². The molecule has 7 aromatic rings. The molecule has 0 amide bonds. The van der Waals surface area contributed by atoms with Crippen molar-refractivity contribution >= 4 is 31.5 Å². The maximum Gasteiger partial charge on any atom is 0.165 e. The standard InChI is InChI=1S/C36H25N3S/c1-36(2)29-17-8-6-13-24(29)25-20-19-23(21-30(25)36)34-37-33(22-11-4-3-5-12-22)38-35(39-34)28-16-10-15-27-26-14-7-9-18-31(26)40-32(27)28/h3-21H,1-2H3. The Morgan fingerprint density at radius 1 is 0.500 bits per heavy atom. The highest BCUT2D eigenvalue weighted by Gasteiger charge is 2.35. The SMILES string of the molecule is CC1(C)c2ccccc2-c2ccc(-c3nc(-c4ccccc4)nc(-c4cccc5c4sc4ccccc45)n3)cc21. The second kappa shape index (κ2) is 8.67. The van der Waals surface area contributed by atoms with Crippen LogP contribution in [0, 0.1) is 0 Å². The summed E-state index contributed by atoms with van der Waals surface area (Å²) in [6, 6.07) is 40.6. The molecule has 8 rings (SSSR count). The number of aromatic nitrogens is 3. The van der Waals surface area contributed by atoms with Crippen LogP contribution in [0.25, 0.3) is 65.5 Å². The topological polar surface area (TPSA) is 38.7 Å². The molecule has 0 aliphatic heterocycles. The van der Waals surface area contributed by atoms with Crippen molar-refractivity contribution in [2.75, 3.05) is 0 Å². The lowest BCUT2D eigenvalue weighted by Crippen LogP contribution is -2.15. The van der Waals surface area contributed by atoms with E-state index in [1.807, 2.05) is 18.2 Å². The van der Waals surface area contributed by atoms with E-state index in [1.165, 1.54) is 42.4 Å². The summed E-state index contributed by atoms with van der Waals surface area (Å²) in [6.45, 7) is 4.61. The monoisotopic (exact) mass is 531 g/mol. The Morgan fingerprint density at radius 3 is 2.02 bits per heavy atom. The smallest absolute Gasteiger partial charge is 0.165 e. The zero-order valence-electron chi connectivity index (χ0n) is 22.2. The molecule has 4 heteroatoms. The summed E-state index contributed by atoms with van der Waals surface area (Å²) in [5.74, 6) is 2.07. The van der Waals surface area contributed by atoms with E-state index in [0.717, 1.165) is 16.7 Å². The largest absolute Gasteiger partial charge is 0.208 e. The van der Waals surface area contributed by atoms with Gasteiger partial charge in [0.2, 0.25) is 0 Å². The van der Waals surface area contributed by atoms with Crippen molar-refractivity contribution in [1.82, 2.24) is 15.0 Å². The molecule has 0 saturated heterocycles. The molecule has 0 radical (unpaired) electrons. The van der Waals surface area contributed by atoms with E-state index >= 15 is 0 Å². The van der Waals surface area contributed by atoms with Gasteiger partial charge in [-0.3, -0.25) is 0 Å². The summed E-state index contributed by atoms with van der Waals surface area (Å²) in [5, 5.41) is 2.50. The highest BCUT2D eigenvalue weighted by molar-refractivity contribution is 7.26. The van der Waals surface area contributed by atoms with Crippen molar-refractivity contribution < 1.29 is 0 Å². The van der Waals surface area contributed by atoms with E-state index in [4.69, 9.17) is 15.0 Å². The van der Waals surface area contributed by atoms with E-state index in [1.54, 1.807) is 11.3 Å². The van der Waals surface area contributed by atoms with Crippen LogP contribution >= 0.6 is 11.3 Å². The first-order chi connectivity index (χ1) is 19.6. The highest BCUT2D eigenvalue weighted by atomic mass is 32.1. The summed E-state index contributed by atoms with van der Waals surface area (Å²) in [5.41, 5.74) is 8.19. The molecule has 0 bridgehead atoms. The van der Waals surface area contributed by atoms with Crippen molar-refractivity contribution in [3.05, 3.63) is 126 Å². The fraction of sp³-hybridized carbons (Fsp3) is 0.0833. The van der Waals surface area contributed by atoms with E-state index in [0.29, 0.717) is 17.5 Å². The molecule has 5 aromatic carbocycles. The normalized spacial score (nSPS) is 13.4. The Morgan fingerprint density at radius 2 is 1.15 bits per heavy atom. The molecule has 190 valence electrons. The minimum absolute atomic E-state index is 0.0945. The molecule has 2 aromatic heterocycles. The van der Waals surface area contributed by atoms with Crippen LogP contribution < -0.4 is 0 Å². The van der Waals surface area contributed by atoms with E-state index in [2.05, 4.69) is 111 Å². The maximum atomic E-state index is 5.13. The van der Waals surface area contributed by atoms with Crippen molar-refractivity contribution in [1.29, 1.82) is 0 Å². The third-order valence-electron chi connectivity index (χ3n) is 8.15. The van der Waals surface area contributed by atoms with Crippen LogP contribution in [0.2, 0.25) is 0 Å². The van der Waals surface area contributed by atoms with Crippen molar-refractivity contribution in [3.63, 3.8) is 0 Å². The van der Waals surface area contributed by atoms with Crippen LogP contribution in [-0.4, -0.2) is 15.0 Å². The third-order valence-corrected chi connectivity index (χ3v) is 9.37. The van der Waals surface area contributed by atoms with Gasteiger partial charge in [0, 0.05) is 42.3 Å². The molecule has 40 heavy (non-hydrogen) atoms. The number of nitrogens with zero attached hydrogens (tertiary/aromatic N) is 3. The lowest BCUT2D eigenvalue weighted by molar-refractivity contribution is 0.660. The van der Waals surface area contributed by atoms with Gasteiger partial charge in [-0.1, -0.05) is 111 Å². The van der Waals surface area contributed by atoms with Crippen LogP contribution in [0.4, 0.5) is 0 Å². The number of hydrogen-bond donors (Lipinski definition) is 0. The Hall–Kier alpha value is -4.67. The molecular formula is C36H25N3S. The first kappa shape index (κ1) is 23.2. The minimum atomic E-state index is -0.0945. The first-order valence-corrected chi connectivity index (χ1v) is 14.4. The molecule has 0 unspecified atom stereocenters. The zero-order chi connectivity index (χ0) is 26.8. The summed E-state index contributed by atoms with van der Waals surface area (Å²) >= 11 is 1.80. The Balaban J connectivity index is 1.36. The second-order valence-electron chi connectivity index (χ2n) is 10.9. The average molecular weight is 532 g/mol. The molecule has 2 heterocycles. The van der Waals surface area contributed by atoms with Crippen LogP contribution in [0.3, 0.4) is 0 Å². The number of benzene rings is 5. The predicted molar refractivity (Wildman–Crippen MR) is 167 cm³/mol. The van der Waals surface area contributed by atoms with Crippen LogP contribution in [0.5, 0.6) is 0 Å². The Kier molecular flexibility index (Phi) is 5.04. The van der Waals surface area contributed by atoms with Gasteiger partial charge in [-0.2, -0.15) is 0 Å². The van der Waals surface area contributed by atoms with Gasteiger partial charge in [0.25, 0.3) is 0 Å². The van der Waals surface area contributed by atoms with Crippen molar-refractivity contribution in [2.24, 2.45) is 0 Å². The van der Waals surface area contributed by atoms with E-state index in [-0.39, 0.29) is 5.41 Å². The van der Waals surface area contributed by atoms with Gasteiger partial charge >= 0.3 is 0 Å². The van der Waals surface area contributed by atoms with Gasteiger partial charge in [0.05, 0.1) is 0 Å². The van der Waals surface area contributed by atoms with Gasteiger partial charge < -0.3 is 0 Å². The number of fused-ring (bicyclic) bond motifs is 6. The molecular weight excluding hydrogens is 506 g/mol. The molecule has 0 saturated carbocycles. The molecule has 1 aliphatic rings. The minimum Gasteiger partial charge on any atom is -0.208 e. The summed E-state index contributed by atoms with van der Waals surface area (Å²) in [4.78, 5) is 15.2. The lowest BCUT2D eigenvalue weighted by atomic mass is 9.82. The van der Waals surface area contributed by atoms with Gasteiger partial charge in [-0.15, -0.1) is 11.3 Å². The number of hydrogen-bond acceptors (Lipinski definition) is 4.